The lowest BCUT2D eigenvalue weighted by atomic mass is 10.1. The molecule has 1 fully saturated rings. The number of hydrogen-bond acceptors (Lipinski definition) is 5. The van der Waals surface area contributed by atoms with Crippen molar-refractivity contribution in [2.75, 3.05) is 26.2 Å². The minimum Gasteiger partial charge on any atom is -0.431 e. The van der Waals surface area contributed by atoms with E-state index in [1.54, 1.807) is 47.2 Å². The van der Waals surface area contributed by atoms with Crippen molar-refractivity contribution in [1.29, 1.82) is 0 Å². The lowest BCUT2D eigenvalue weighted by Crippen LogP contribution is -2.50. The van der Waals surface area contributed by atoms with Crippen molar-refractivity contribution >= 4 is 23.2 Å². The van der Waals surface area contributed by atoms with Crippen molar-refractivity contribution in [1.82, 2.24) is 14.8 Å². The van der Waals surface area contributed by atoms with Crippen LogP contribution in [0, 0.1) is 0 Å². The van der Waals surface area contributed by atoms with Crippen LogP contribution in [0.4, 0.5) is 0 Å². The van der Waals surface area contributed by atoms with E-state index in [1.807, 2.05) is 5.38 Å². The normalized spacial score (nSPS) is 14.7. The Morgan fingerprint density at radius 1 is 1.09 bits per heavy atom. The first kappa shape index (κ1) is 15.5. The molecule has 0 unspecified atom stereocenters. The van der Waals surface area contributed by atoms with E-state index >= 15 is 0 Å². The predicted octanol–water partition coefficient (Wildman–Crippen LogP) is 2.24. The highest BCUT2D eigenvalue weighted by Gasteiger charge is 2.23. The van der Waals surface area contributed by atoms with Gasteiger partial charge in [-0.25, -0.2) is 4.98 Å². The number of carbonyl (C=O) groups excluding carboxylic acids is 2. The van der Waals surface area contributed by atoms with Crippen LogP contribution in [0.2, 0.25) is 0 Å². The molecule has 3 rings (SSSR count). The van der Waals surface area contributed by atoms with Gasteiger partial charge in [0.1, 0.15) is 5.75 Å². The molecule has 0 N–H and O–H groups in total. The van der Waals surface area contributed by atoms with Gasteiger partial charge in [-0.1, -0.05) is 11.3 Å². The molecular formula is C16H17N3O3S. The van der Waals surface area contributed by atoms with E-state index in [9.17, 15) is 9.59 Å². The molecule has 23 heavy (non-hydrogen) atoms. The van der Waals surface area contributed by atoms with E-state index < -0.39 is 0 Å². The fourth-order valence-corrected chi connectivity index (χ4v) is 2.94. The molecule has 0 bridgehead atoms. The maximum Gasteiger partial charge on any atom is 0.278 e. The van der Waals surface area contributed by atoms with Gasteiger partial charge >= 0.3 is 0 Å². The lowest BCUT2D eigenvalue weighted by Gasteiger charge is -2.34. The molecule has 0 radical (unpaired) electrons. The highest BCUT2D eigenvalue weighted by molar-refractivity contribution is 7.11. The van der Waals surface area contributed by atoms with Crippen LogP contribution in [0.1, 0.15) is 17.3 Å². The highest BCUT2D eigenvalue weighted by atomic mass is 32.1. The average molecular weight is 331 g/mol. The summed E-state index contributed by atoms with van der Waals surface area (Å²) in [5.74, 6) is 0.688. The van der Waals surface area contributed by atoms with Crippen molar-refractivity contribution in [2.45, 2.75) is 6.92 Å². The van der Waals surface area contributed by atoms with Crippen LogP contribution in [0.15, 0.2) is 35.8 Å². The molecule has 1 saturated heterocycles. The molecule has 120 valence electrons. The third-order valence-corrected chi connectivity index (χ3v) is 4.38. The molecule has 0 saturated carbocycles. The van der Waals surface area contributed by atoms with Crippen molar-refractivity contribution in [2.24, 2.45) is 0 Å². The highest BCUT2D eigenvalue weighted by Crippen LogP contribution is 2.23. The number of hydrogen-bond donors (Lipinski definition) is 0. The summed E-state index contributed by atoms with van der Waals surface area (Å²) in [6, 6.07) is 7.03. The van der Waals surface area contributed by atoms with Gasteiger partial charge in [-0.2, -0.15) is 0 Å². The third-order valence-electron chi connectivity index (χ3n) is 3.73. The summed E-state index contributed by atoms with van der Waals surface area (Å²) in [4.78, 5) is 31.4. The standard InChI is InChI=1S/C16H17N3O3S/c1-12(20)18-7-9-19(10-8-18)15(21)13-2-4-14(5-3-13)22-16-17-6-11-23-16/h2-6,11H,7-10H2,1H3. The summed E-state index contributed by atoms with van der Waals surface area (Å²) >= 11 is 1.41. The molecule has 1 aliphatic rings. The summed E-state index contributed by atoms with van der Waals surface area (Å²) < 4.78 is 5.58. The minimum absolute atomic E-state index is 0.0194. The Kier molecular flexibility index (Phi) is 4.57. The number of benzene rings is 1. The number of nitrogens with zero attached hydrogens (tertiary/aromatic N) is 3. The SMILES string of the molecule is CC(=O)N1CCN(C(=O)c2ccc(Oc3nccs3)cc2)CC1. The number of thiazole rings is 1. The first-order valence-electron chi connectivity index (χ1n) is 7.35. The molecular weight excluding hydrogens is 314 g/mol. The monoisotopic (exact) mass is 331 g/mol. The van der Waals surface area contributed by atoms with Gasteiger partial charge in [-0.3, -0.25) is 9.59 Å². The first-order valence-corrected chi connectivity index (χ1v) is 8.23. The lowest BCUT2D eigenvalue weighted by molar-refractivity contribution is -0.130. The number of rotatable bonds is 3. The summed E-state index contributed by atoms with van der Waals surface area (Å²) in [5, 5.41) is 2.41. The Hall–Kier alpha value is -2.41. The largest absolute Gasteiger partial charge is 0.431 e. The molecule has 0 aliphatic carbocycles. The van der Waals surface area contributed by atoms with Gasteiger partial charge in [0.2, 0.25) is 5.91 Å². The van der Waals surface area contributed by atoms with Gasteiger partial charge in [-0.15, -0.1) is 0 Å². The number of amides is 2. The van der Waals surface area contributed by atoms with Gasteiger partial charge in [0.25, 0.3) is 11.1 Å². The van der Waals surface area contributed by atoms with Crippen molar-refractivity contribution < 1.29 is 14.3 Å². The number of piperazine rings is 1. The van der Waals surface area contributed by atoms with Crippen LogP contribution < -0.4 is 4.74 Å². The molecule has 0 atom stereocenters. The molecule has 2 amide bonds. The van der Waals surface area contributed by atoms with E-state index in [-0.39, 0.29) is 11.8 Å². The summed E-state index contributed by atoms with van der Waals surface area (Å²) in [5.41, 5.74) is 0.618. The van der Waals surface area contributed by atoms with Gasteiger partial charge in [0.15, 0.2) is 0 Å². The van der Waals surface area contributed by atoms with Crippen LogP contribution in [0.5, 0.6) is 10.9 Å². The Labute approximate surface area is 138 Å². The Balaban J connectivity index is 1.61. The van der Waals surface area contributed by atoms with Crippen molar-refractivity contribution in [3.05, 3.63) is 41.4 Å². The summed E-state index contributed by atoms with van der Waals surface area (Å²) in [7, 11) is 0. The number of carbonyl (C=O) groups is 2. The fourth-order valence-electron chi connectivity index (χ4n) is 2.43. The second-order valence-corrected chi connectivity index (χ2v) is 6.08. The van der Waals surface area contributed by atoms with Crippen LogP contribution in [-0.4, -0.2) is 52.8 Å². The first-order chi connectivity index (χ1) is 11.1. The molecule has 2 heterocycles. The van der Waals surface area contributed by atoms with E-state index in [2.05, 4.69) is 4.98 Å². The van der Waals surface area contributed by atoms with Crippen LogP contribution in [-0.2, 0) is 4.79 Å². The van der Waals surface area contributed by atoms with Gasteiger partial charge in [0.05, 0.1) is 0 Å². The quantitative estimate of drug-likeness (QED) is 0.865. The van der Waals surface area contributed by atoms with E-state index in [0.29, 0.717) is 42.7 Å². The molecule has 2 aromatic rings. The Bertz CT molecular complexity index is 677. The zero-order valence-electron chi connectivity index (χ0n) is 12.8. The Morgan fingerprint density at radius 2 is 1.74 bits per heavy atom. The molecule has 7 heteroatoms. The van der Waals surface area contributed by atoms with Crippen LogP contribution in [0.3, 0.4) is 0 Å². The smallest absolute Gasteiger partial charge is 0.278 e. The predicted molar refractivity (Wildman–Crippen MR) is 86.8 cm³/mol. The van der Waals surface area contributed by atoms with Gasteiger partial charge < -0.3 is 14.5 Å². The fraction of sp³-hybridized carbons (Fsp3) is 0.312. The second kappa shape index (κ2) is 6.78. The maximum atomic E-state index is 12.5. The van der Waals surface area contributed by atoms with Crippen LogP contribution >= 0.6 is 11.3 Å². The number of aromatic nitrogens is 1. The van der Waals surface area contributed by atoms with Gasteiger partial charge in [0, 0.05) is 50.2 Å². The maximum absolute atomic E-state index is 12.5. The minimum atomic E-state index is -0.0194. The van der Waals surface area contributed by atoms with Crippen LogP contribution in [0.25, 0.3) is 0 Å². The zero-order chi connectivity index (χ0) is 16.2. The summed E-state index contributed by atoms with van der Waals surface area (Å²) in [6.45, 7) is 3.86. The van der Waals surface area contributed by atoms with E-state index in [0.717, 1.165) is 0 Å². The topological polar surface area (TPSA) is 62.7 Å². The molecule has 0 spiro atoms. The van der Waals surface area contributed by atoms with Crippen molar-refractivity contribution in [3.63, 3.8) is 0 Å². The zero-order valence-corrected chi connectivity index (χ0v) is 13.6. The molecule has 1 aromatic heterocycles. The molecule has 6 nitrogen and oxygen atoms in total. The van der Waals surface area contributed by atoms with Gasteiger partial charge in [-0.05, 0) is 24.3 Å². The molecule has 1 aliphatic heterocycles. The average Bonchev–Trinajstić information content (AvgIpc) is 3.08. The third kappa shape index (κ3) is 3.68. The van der Waals surface area contributed by atoms with Crippen molar-refractivity contribution in [3.8, 4) is 10.9 Å². The second-order valence-electron chi connectivity index (χ2n) is 5.22. The summed E-state index contributed by atoms with van der Waals surface area (Å²) in [6.07, 6.45) is 1.68. The molecule has 1 aromatic carbocycles. The number of ether oxygens (including phenoxy) is 1. The van der Waals surface area contributed by atoms with E-state index in [1.165, 1.54) is 11.3 Å². The van der Waals surface area contributed by atoms with E-state index in [4.69, 9.17) is 4.74 Å². The Morgan fingerprint density at radius 3 is 2.30 bits per heavy atom.